The first-order chi connectivity index (χ1) is 15.5. The van der Waals surface area contributed by atoms with Gasteiger partial charge in [0.1, 0.15) is 11.9 Å². The van der Waals surface area contributed by atoms with Gasteiger partial charge in [0, 0.05) is 13.1 Å². The molecule has 1 aliphatic rings. The molecule has 0 bridgehead atoms. The van der Waals surface area contributed by atoms with Crippen molar-refractivity contribution in [2.24, 2.45) is 10.9 Å². The third kappa shape index (κ3) is 8.27. The highest BCUT2D eigenvalue weighted by Crippen LogP contribution is 2.20. The molecule has 0 aromatic heterocycles. The summed E-state index contributed by atoms with van der Waals surface area (Å²) < 4.78 is 42.5. The molecule has 0 saturated carbocycles. The maximum atomic E-state index is 12.9. The van der Waals surface area contributed by atoms with Crippen molar-refractivity contribution in [3.05, 3.63) is 29.8 Å². The number of alkyl carbamates (subject to hydrolysis) is 1. The molecule has 2 amide bonds. The largest absolute Gasteiger partial charge is 0.453 e. The number of benzene rings is 1. The van der Waals surface area contributed by atoms with E-state index >= 15 is 0 Å². The highest BCUT2D eigenvalue weighted by atomic mass is 19.4. The lowest BCUT2D eigenvalue weighted by Gasteiger charge is -2.25. The zero-order chi connectivity index (χ0) is 24.6. The molecule has 0 aliphatic carbocycles. The second-order valence-electron chi connectivity index (χ2n) is 8.17. The highest BCUT2D eigenvalue weighted by molar-refractivity contribution is 6.51. The van der Waals surface area contributed by atoms with E-state index in [2.05, 4.69) is 37.8 Å². The van der Waals surface area contributed by atoms with Crippen LogP contribution in [0.25, 0.3) is 0 Å². The maximum absolute atomic E-state index is 12.9. The van der Waals surface area contributed by atoms with E-state index in [-0.39, 0.29) is 18.5 Å². The number of carbonyl (C=O) groups excluding carboxylic acids is 2. The summed E-state index contributed by atoms with van der Waals surface area (Å²) in [6.07, 6.45) is -5.17. The standard InChI is InChI=1S/C21H31BF3N5O3/c1-12(2)17(30-20(32)33-4)19(31)29-16(9-26-11-21(23,24)25)18-27-10-15(28-18)13-5-7-14(22-3)8-6-13/h5-8,12,15-17,22,26H,9-11H2,1-4H3,(H,27,28)(H,29,31)(H,30,32)/t15?,16-,17-/m0/s1. The van der Waals surface area contributed by atoms with Crippen LogP contribution in [0.3, 0.4) is 0 Å². The van der Waals surface area contributed by atoms with Gasteiger partial charge in [-0.3, -0.25) is 9.79 Å². The van der Waals surface area contributed by atoms with E-state index in [4.69, 9.17) is 0 Å². The summed E-state index contributed by atoms with van der Waals surface area (Å²) in [5, 5.41) is 10.6. The number of hydrogen-bond acceptors (Lipinski definition) is 6. The first-order valence-corrected chi connectivity index (χ1v) is 10.9. The van der Waals surface area contributed by atoms with Crippen LogP contribution >= 0.6 is 0 Å². The van der Waals surface area contributed by atoms with E-state index in [9.17, 15) is 22.8 Å². The third-order valence-electron chi connectivity index (χ3n) is 5.27. The number of nitrogens with one attached hydrogen (secondary N) is 4. The number of methoxy groups -OCH3 is 1. The molecule has 12 heteroatoms. The molecule has 1 aliphatic heterocycles. The fourth-order valence-corrected chi connectivity index (χ4v) is 3.40. The van der Waals surface area contributed by atoms with Crippen LogP contribution < -0.4 is 26.7 Å². The lowest BCUT2D eigenvalue weighted by atomic mass is 9.73. The van der Waals surface area contributed by atoms with Crippen LogP contribution in [-0.4, -0.2) is 70.1 Å². The van der Waals surface area contributed by atoms with Gasteiger partial charge in [-0.2, -0.15) is 13.2 Å². The van der Waals surface area contributed by atoms with Crippen LogP contribution in [0.15, 0.2) is 29.3 Å². The van der Waals surface area contributed by atoms with Crippen LogP contribution in [0.2, 0.25) is 6.82 Å². The smallest absolute Gasteiger partial charge is 0.407 e. The summed E-state index contributed by atoms with van der Waals surface area (Å²) in [6.45, 7) is 4.59. The Bertz CT molecular complexity index is 833. The van der Waals surface area contributed by atoms with Crippen molar-refractivity contribution in [1.29, 1.82) is 0 Å². The molecule has 2 rings (SSSR count). The zero-order valence-corrected chi connectivity index (χ0v) is 19.3. The van der Waals surface area contributed by atoms with E-state index < -0.39 is 36.8 Å². The molecule has 0 radical (unpaired) electrons. The molecule has 3 atom stereocenters. The van der Waals surface area contributed by atoms with Gasteiger partial charge < -0.3 is 26.0 Å². The quantitative estimate of drug-likeness (QED) is 0.381. The van der Waals surface area contributed by atoms with Crippen LogP contribution in [0.4, 0.5) is 18.0 Å². The fourth-order valence-electron chi connectivity index (χ4n) is 3.40. The van der Waals surface area contributed by atoms with Gasteiger partial charge in [-0.05, 0) is 11.5 Å². The van der Waals surface area contributed by atoms with Crippen molar-refractivity contribution in [3.63, 3.8) is 0 Å². The summed E-state index contributed by atoms with van der Waals surface area (Å²) in [6, 6.07) is 5.98. The molecule has 8 nitrogen and oxygen atoms in total. The van der Waals surface area contributed by atoms with Gasteiger partial charge in [0.2, 0.25) is 5.91 Å². The molecule has 0 spiro atoms. The molecule has 0 saturated heterocycles. The SMILES string of the molecule is CBc1ccc(C2CNC([C@H](CNCC(F)(F)F)NC(=O)[C@@H](NC(=O)OC)C(C)C)=N2)cc1. The van der Waals surface area contributed by atoms with E-state index in [1.165, 1.54) is 12.6 Å². The Labute approximate surface area is 192 Å². The van der Waals surface area contributed by atoms with Gasteiger partial charge in [0.25, 0.3) is 0 Å². The van der Waals surface area contributed by atoms with Gasteiger partial charge >= 0.3 is 12.3 Å². The number of amides is 2. The molecule has 1 aromatic carbocycles. The topological polar surface area (TPSA) is 104 Å². The second kappa shape index (κ2) is 11.9. The molecule has 33 heavy (non-hydrogen) atoms. The number of ether oxygens (including phenoxy) is 1. The minimum absolute atomic E-state index is 0.193. The van der Waals surface area contributed by atoms with E-state index in [1.54, 1.807) is 13.8 Å². The molecular weight excluding hydrogens is 438 g/mol. The Morgan fingerprint density at radius 2 is 1.91 bits per heavy atom. The van der Waals surface area contributed by atoms with Gasteiger partial charge in [0.05, 0.1) is 25.7 Å². The van der Waals surface area contributed by atoms with Crippen molar-refractivity contribution in [3.8, 4) is 0 Å². The predicted molar refractivity (Wildman–Crippen MR) is 122 cm³/mol. The monoisotopic (exact) mass is 469 g/mol. The number of rotatable bonds is 10. The first kappa shape index (κ1) is 26.5. The number of amidine groups is 1. The van der Waals surface area contributed by atoms with Gasteiger partial charge in [-0.15, -0.1) is 0 Å². The van der Waals surface area contributed by atoms with Crippen LogP contribution in [0.1, 0.15) is 25.5 Å². The van der Waals surface area contributed by atoms with Gasteiger partial charge in [-0.25, -0.2) is 4.79 Å². The van der Waals surface area contributed by atoms with Gasteiger partial charge in [-0.1, -0.05) is 50.4 Å². The highest BCUT2D eigenvalue weighted by Gasteiger charge is 2.32. The van der Waals surface area contributed by atoms with E-state index in [1.807, 2.05) is 24.3 Å². The van der Waals surface area contributed by atoms with Crippen molar-refractivity contribution in [2.75, 3.05) is 26.7 Å². The maximum Gasteiger partial charge on any atom is 0.407 e. The van der Waals surface area contributed by atoms with Crippen LogP contribution in [0.5, 0.6) is 0 Å². The second-order valence-corrected chi connectivity index (χ2v) is 8.17. The normalized spacial score (nSPS) is 17.6. The van der Waals surface area contributed by atoms with Crippen molar-refractivity contribution >= 4 is 30.6 Å². The number of aliphatic imine (C=N–C) groups is 1. The zero-order valence-electron chi connectivity index (χ0n) is 19.3. The number of carbonyl (C=O) groups is 2. The summed E-state index contributed by atoms with van der Waals surface area (Å²) in [7, 11) is 2.09. The average Bonchev–Trinajstić information content (AvgIpc) is 3.25. The van der Waals surface area contributed by atoms with E-state index in [0.29, 0.717) is 12.4 Å². The summed E-state index contributed by atoms with van der Waals surface area (Å²) in [5.41, 5.74) is 2.16. The fraction of sp³-hybridized carbons (Fsp3) is 0.571. The molecular formula is C21H31BF3N5O3. The molecule has 182 valence electrons. The summed E-state index contributed by atoms with van der Waals surface area (Å²) >= 11 is 0. The summed E-state index contributed by atoms with van der Waals surface area (Å²) in [5.74, 6) is -0.450. The van der Waals surface area contributed by atoms with Crippen LogP contribution in [0, 0.1) is 5.92 Å². The average molecular weight is 469 g/mol. The molecule has 1 unspecified atom stereocenters. The molecule has 4 N–H and O–H groups in total. The lowest BCUT2D eigenvalue weighted by Crippen LogP contribution is -2.57. The lowest BCUT2D eigenvalue weighted by molar-refractivity contribution is -0.125. The first-order valence-electron chi connectivity index (χ1n) is 10.9. The third-order valence-corrected chi connectivity index (χ3v) is 5.27. The Morgan fingerprint density at radius 1 is 1.24 bits per heavy atom. The summed E-state index contributed by atoms with van der Waals surface area (Å²) in [4.78, 5) is 29.1. The van der Waals surface area contributed by atoms with Gasteiger partial charge in [0.15, 0.2) is 7.28 Å². The number of hydrogen-bond donors (Lipinski definition) is 4. The Balaban J connectivity index is 2.18. The minimum Gasteiger partial charge on any atom is -0.453 e. The Morgan fingerprint density at radius 3 is 2.45 bits per heavy atom. The Hall–Kier alpha value is -2.76. The Kier molecular flexibility index (Phi) is 9.57. The molecule has 1 heterocycles. The van der Waals surface area contributed by atoms with Crippen molar-refractivity contribution in [2.45, 2.75) is 45.0 Å². The van der Waals surface area contributed by atoms with E-state index in [0.717, 1.165) is 12.8 Å². The number of nitrogens with zero attached hydrogens (tertiary/aromatic N) is 1. The number of halogens is 3. The van der Waals surface area contributed by atoms with Crippen LogP contribution in [-0.2, 0) is 9.53 Å². The number of alkyl halides is 3. The molecule has 0 fully saturated rings. The molecule has 1 aromatic rings. The van der Waals surface area contributed by atoms with Crippen molar-refractivity contribution in [1.82, 2.24) is 21.3 Å². The minimum atomic E-state index is -4.39. The predicted octanol–water partition coefficient (Wildman–Crippen LogP) is 0.857. The van der Waals surface area contributed by atoms with Crippen molar-refractivity contribution < 1.29 is 27.5 Å².